The second-order valence-electron chi connectivity index (χ2n) is 20.9. The van der Waals surface area contributed by atoms with E-state index in [-0.39, 0.29) is 6.04 Å². The van der Waals surface area contributed by atoms with E-state index in [1.54, 1.807) is 0 Å². The van der Waals surface area contributed by atoms with E-state index < -0.39 is 5.54 Å². The van der Waals surface area contributed by atoms with Crippen LogP contribution in [0.2, 0.25) is 0 Å². The van der Waals surface area contributed by atoms with Crippen LogP contribution in [0.5, 0.6) is 0 Å². The van der Waals surface area contributed by atoms with Crippen LogP contribution in [0.15, 0.2) is 133 Å². The summed E-state index contributed by atoms with van der Waals surface area (Å²) in [5.41, 5.74) is 26.5. The number of benzene rings is 7. The Bertz CT molecular complexity index is 3830. The van der Waals surface area contributed by atoms with Gasteiger partial charge in [0.25, 0.3) is 0 Å². The summed E-state index contributed by atoms with van der Waals surface area (Å²) in [5, 5.41) is 4.87. The molecule has 3 aromatic heterocycles. The van der Waals surface area contributed by atoms with Crippen LogP contribution in [-0.2, 0) is 5.54 Å². The average Bonchev–Trinajstić information content (AvgIpc) is 3.91. The molecule has 0 amide bonds. The number of aromatic nitrogens is 3. The molecule has 5 nitrogen and oxygen atoms in total. The van der Waals surface area contributed by atoms with E-state index in [2.05, 4.69) is 218 Å². The van der Waals surface area contributed by atoms with Gasteiger partial charge in [0.2, 0.25) is 0 Å². The highest BCUT2D eigenvalue weighted by Gasteiger charge is 2.53. The molecule has 0 fully saturated rings. The highest BCUT2D eigenvalue weighted by Crippen LogP contribution is 2.59. The fraction of sp³-hybridized carbons (Fsp3) is 0.238. The van der Waals surface area contributed by atoms with Crippen molar-refractivity contribution in [3.8, 4) is 22.5 Å². The fourth-order valence-electron chi connectivity index (χ4n) is 12.6. The highest BCUT2D eigenvalue weighted by molar-refractivity contribution is 6.15. The van der Waals surface area contributed by atoms with Crippen molar-refractivity contribution in [3.05, 3.63) is 200 Å². The first-order valence-electron chi connectivity index (χ1n) is 24.4. The molecule has 336 valence electrons. The van der Waals surface area contributed by atoms with Crippen LogP contribution in [0, 0.1) is 62.3 Å². The third-order valence-electron chi connectivity index (χ3n) is 15.4. The molecular formula is C63H59N5. The lowest BCUT2D eigenvalue weighted by atomic mass is 9.68. The van der Waals surface area contributed by atoms with Crippen molar-refractivity contribution < 1.29 is 0 Å². The fourth-order valence-corrected chi connectivity index (χ4v) is 12.6. The molecule has 68 heavy (non-hydrogen) atoms. The first-order chi connectivity index (χ1) is 32.6. The van der Waals surface area contributed by atoms with Gasteiger partial charge in [0.1, 0.15) is 17.0 Å². The lowest BCUT2D eigenvalue weighted by molar-refractivity contribution is 0.423. The molecule has 2 aliphatic rings. The topological polar surface area (TPSA) is 38.4 Å². The second-order valence-corrected chi connectivity index (χ2v) is 20.9. The summed E-state index contributed by atoms with van der Waals surface area (Å²) in [6.07, 6.45) is 1.92. The zero-order valence-electron chi connectivity index (χ0n) is 41.5. The normalized spacial score (nSPS) is 16.6. The number of pyridine rings is 1. The van der Waals surface area contributed by atoms with E-state index in [9.17, 15) is 0 Å². The Labute approximate surface area is 400 Å². The quantitative estimate of drug-likeness (QED) is 0.173. The molecule has 7 aromatic carbocycles. The van der Waals surface area contributed by atoms with Gasteiger partial charge in [0, 0.05) is 50.4 Å². The summed E-state index contributed by atoms with van der Waals surface area (Å²) in [6, 6.07) is 46.4. The minimum Gasteiger partial charge on any atom is -0.315 e. The van der Waals surface area contributed by atoms with Crippen LogP contribution in [-0.4, -0.2) is 20.0 Å². The summed E-state index contributed by atoms with van der Waals surface area (Å²) in [5.74, 6) is 1.43. The van der Waals surface area contributed by atoms with Gasteiger partial charge in [-0.3, -0.25) is 9.56 Å². The van der Waals surface area contributed by atoms with Crippen LogP contribution in [0.1, 0.15) is 105 Å². The van der Waals surface area contributed by atoms with Crippen LogP contribution in [0.25, 0.3) is 66.2 Å². The molecule has 0 unspecified atom stereocenters. The zero-order valence-corrected chi connectivity index (χ0v) is 41.5. The van der Waals surface area contributed by atoms with Crippen LogP contribution in [0.4, 0.5) is 5.69 Å². The monoisotopic (exact) mass is 885 g/mol. The van der Waals surface area contributed by atoms with Crippen LogP contribution >= 0.6 is 0 Å². The molecule has 0 N–H and O–H groups in total. The highest BCUT2D eigenvalue weighted by atomic mass is 15.3. The third-order valence-corrected chi connectivity index (χ3v) is 15.4. The number of nitrogens with zero attached hydrogens (tertiary/aromatic N) is 5. The maximum Gasteiger partial charge on any atom is 0.145 e. The summed E-state index contributed by atoms with van der Waals surface area (Å²) in [6.45, 7) is 27.2. The van der Waals surface area contributed by atoms with Gasteiger partial charge in [-0.2, -0.15) is 0 Å². The van der Waals surface area contributed by atoms with E-state index >= 15 is 0 Å². The number of amidine groups is 1. The van der Waals surface area contributed by atoms with E-state index in [0.29, 0.717) is 5.92 Å². The van der Waals surface area contributed by atoms with Crippen molar-refractivity contribution in [3.63, 3.8) is 0 Å². The SMILES string of the molecule is Cc1cc(C)c(N2C(c3ccc(C)c(-n4c5ccc(C)cc5c5ccc(-n6c7ccc(C(C)C)cc7c7cccnc76)cc54)c3)=N[C@]3(C)c4cc(C)cc(C)c4-c4c(C)cc(C)cc4[C@H]23)c(C)c1. The second kappa shape index (κ2) is 14.9. The van der Waals surface area contributed by atoms with Crippen LogP contribution < -0.4 is 4.90 Å². The Kier molecular flexibility index (Phi) is 9.22. The third kappa shape index (κ3) is 6.00. The Balaban J connectivity index is 1.13. The van der Waals surface area contributed by atoms with Gasteiger partial charge in [-0.15, -0.1) is 0 Å². The minimum atomic E-state index is -0.574. The predicted molar refractivity (Wildman–Crippen MR) is 287 cm³/mol. The van der Waals surface area contributed by atoms with Gasteiger partial charge in [0.15, 0.2) is 0 Å². The zero-order chi connectivity index (χ0) is 47.2. The summed E-state index contributed by atoms with van der Waals surface area (Å²) in [4.78, 5) is 13.7. The molecule has 1 aliphatic carbocycles. The molecule has 0 saturated heterocycles. The molecule has 0 radical (unpaired) electrons. The largest absolute Gasteiger partial charge is 0.315 e. The van der Waals surface area contributed by atoms with E-state index in [1.807, 2.05) is 6.20 Å². The smallest absolute Gasteiger partial charge is 0.145 e. The van der Waals surface area contributed by atoms with E-state index in [0.717, 1.165) is 39.5 Å². The lowest BCUT2D eigenvalue weighted by Gasteiger charge is -2.44. The number of anilines is 1. The van der Waals surface area contributed by atoms with Crippen molar-refractivity contribution in [1.82, 2.24) is 14.1 Å². The maximum atomic E-state index is 6.09. The first-order valence-corrected chi connectivity index (χ1v) is 24.4. The van der Waals surface area contributed by atoms with E-state index in [4.69, 9.17) is 9.98 Å². The van der Waals surface area contributed by atoms with Crippen molar-refractivity contribution in [2.75, 3.05) is 4.90 Å². The number of aryl methyl sites for hydroxylation is 9. The number of rotatable bonds is 5. The molecule has 2 atom stereocenters. The minimum absolute atomic E-state index is 0.0696. The van der Waals surface area contributed by atoms with Gasteiger partial charge in [-0.05, 0) is 185 Å². The van der Waals surface area contributed by atoms with Crippen molar-refractivity contribution in [1.29, 1.82) is 0 Å². The summed E-state index contributed by atoms with van der Waals surface area (Å²) < 4.78 is 4.86. The maximum absolute atomic E-state index is 6.09. The number of fused-ring (bicyclic) bond motifs is 12. The molecular weight excluding hydrogens is 827 g/mol. The van der Waals surface area contributed by atoms with Crippen molar-refractivity contribution in [2.45, 2.75) is 101 Å². The summed E-state index contributed by atoms with van der Waals surface area (Å²) in [7, 11) is 0. The first kappa shape index (κ1) is 42.1. The molecule has 12 rings (SSSR count). The standard InChI is InChI=1S/C63H59N5/c1-34(2)44-18-22-53-50(31-44)48-14-13-23-64-62(48)66(53)46-19-20-47-49-28-35(3)15-21-54(49)67(56(47)33-46)55-32-45(17-16-39(55)7)61-65-63(12)52-30-38(6)25-41(9)58(52)57-40(8)24-37(5)29-51(57)60(63)68(61)59-42(10)26-36(4)27-43(59)11/h13-34,60H,1-12H3/t60-,63+/m0/s1. The van der Waals surface area contributed by atoms with E-state index in [1.165, 1.54) is 111 Å². The Morgan fingerprint density at radius 1 is 0.529 bits per heavy atom. The Hall–Kier alpha value is -7.24. The molecule has 1 aliphatic heterocycles. The van der Waals surface area contributed by atoms with Gasteiger partial charge >= 0.3 is 0 Å². The van der Waals surface area contributed by atoms with Crippen LogP contribution in [0.3, 0.4) is 0 Å². The molecule has 0 spiro atoms. The predicted octanol–water partition coefficient (Wildman–Crippen LogP) is 16.1. The molecule has 4 heterocycles. The number of aliphatic imine (C=N–C) groups is 1. The van der Waals surface area contributed by atoms with Crippen molar-refractivity contribution in [2.24, 2.45) is 4.99 Å². The Morgan fingerprint density at radius 3 is 1.97 bits per heavy atom. The van der Waals surface area contributed by atoms with Gasteiger partial charge in [-0.25, -0.2) is 4.98 Å². The van der Waals surface area contributed by atoms with Gasteiger partial charge in [0.05, 0.1) is 22.6 Å². The Morgan fingerprint density at radius 2 is 1.21 bits per heavy atom. The number of hydrogen-bond acceptors (Lipinski definition) is 3. The molecule has 0 saturated carbocycles. The number of hydrogen-bond donors (Lipinski definition) is 0. The molecule has 0 bridgehead atoms. The summed E-state index contributed by atoms with van der Waals surface area (Å²) >= 11 is 0. The van der Waals surface area contributed by atoms with Crippen molar-refractivity contribution >= 4 is 55.3 Å². The van der Waals surface area contributed by atoms with Gasteiger partial charge < -0.3 is 9.47 Å². The van der Waals surface area contributed by atoms with Gasteiger partial charge in [-0.1, -0.05) is 103 Å². The average molecular weight is 886 g/mol. The molecule has 10 aromatic rings. The molecule has 5 heteroatoms. The lowest BCUT2D eigenvalue weighted by Crippen LogP contribution is -2.41.